The number of benzene rings is 1. The third-order valence-corrected chi connectivity index (χ3v) is 4.06. The van der Waals surface area contributed by atoms with Crippen molar-refractivity contribution in [2.45, 2.75) is 32.4 Å². The smallest absolute Gasteiger partial charge is 0.326 e. The molecule has 1 heterocycles. The van der Waals surface area contributed by atoms with Crippen LogP contribution in [-0.2, 0) is 19.1 Å². The van der Waals surface area contributed by atoms with E-state index in [0.717, 1.165) is 10.5 Å². The molecule has 0 spiro atoms. The first-order valence-corrected chi connectivity index (χ1v) is 8.32. The highest BCUT2D eigenvalue weighted by Gasteiger charge is 2.45. The van der Waals surface area contributed by atoms with E-state index < -0.39 is 42.5 Å². The lowest BCUT2D eigenvalue weighted by Crippen LogP contribution is -2.41. The predicted molar refractivity (Wildman–Crippen MR) is 93.3 cm³/mol. The summed E-state index contributed by atoms with van der Waals surface area (Å²) in [4.78, 5) is 48.2. The van der Waals surface area contributed by atoms with E-state index in [4.69, 9.17) is 16.3 Å². The van der Waals surface area contributed by atoms with E-state index >= 15 is 0 Å². The fourth-order valence-electron chi connectivity index (χ4n) is 2.42. The number of rotatable bonds is 6. The molecule has 1 aromatic rings. The molecule has 1 saturated heterocycles. The molecular formula is C17H20ClN3O5. The van der Waals surface area contributed by atoms with E-state index in [1.165, 1.54) is 13.8 Å². The number of halogens is 1. The number of imide groups is 1. The van der Waals surface area contributed by atoms with Crippen LogP contribution in [0.5, 0.6) is 0 Å². The predicted octanol–water partition coefficient (Wildman–Crippen LogP) is 1.39. The van der Waals surface area contributed by atoms with Crippen molar-refractivity contribution >= 4 is 35.4 Å². The van der Waals surface area contributed by atoms with Crippen molar-refractivity contribution < 1.29 is 23.9 Å². The summed E-state index contributed by atoms with van der Waals surface area (Å²) >= 11 is 5.91. The van der Waals surface area contributed by atoms with Crippen molar-refractivity contribution in [3.63, 3.8) is 0 Å². The van der Waals surface area contributed by atoms with Crippen LogP contribution in [0.3, 0.4) is 0 Å². The van der Waals surface area contributed by atoms with Crippen LogP contribution >= 0.6 is 11.6 Å². The minimum Gasteiger partial charge on any atom is -0.454 e. The summed E-state index contributed by atoms with van der Waals surface area (Å²) in [6.07, 6.45) is 0. The number of carbonyl (C=O) groups is 4. The average molecular weight is 382 g/mol. The maximum absolute atomic E-state index is 12.0. The number of carbonyl (C=O) groups excluding carboxylic acids is 4. The van der Waals surface area contributed by atoms with Gasteiger partial charge in [0, 0.05) is 5.02 Å². The number of amides is 4. The Balaban J connectivity index is 1.81. The minimum atomic E-state index is -1.07. The van der Waals surface area contributed by atoms with Crippen LogP contribution in [-0.4, -0.2) is 47.4 Å². The maximum atomic E-state index is 12.0. The van der Waals surface area contributed by atoms with Gasteiger partial charge in [-0.25, -0.2) is 4.79 Å². The lowest BCUT2D eigenvalue weighted by atomic mass is 10.1. The van der Waals surface area contributed by atoms with E-state index in [-0.39, 0.29) is 6.04 Å². The highest BCUT2D eigenvalue weighted by atomic mass is 35.5. The molecule has 2 rings (SSSR count). The van der Waals surface area contributed by atoms with Crippen LogP contribution < -0.4 is 10.6 Å². The standard InChI is InChI=1S/C17H20ClN3O5/c1-10(11-5-4-6-12(18)7-11)19-13(22)9-26-14(23)8-21-15(24)17(2,3)20-16(21)25/h4-7,10H,8-9H2,1-3H3,(H,19,22)(H,20,25)/t10-/m0/s1. The monoisotopic (exact) mass is 381 g/mol. The van der Waals surface area contributed by atoms with E-state index in [9.17, 15) is 19.2 Å². The molecule has 0 radical (unpaired) electrons. The average Bonchev–Trinajstić information content (AvgIpc) is 2.74. The molecule has 0 aromatic heterocycles. The van der Waals surface area contributed by atoms with E-state index in [2.05, 4.69) is 10.6 Å². The Morgan fingerprint density at radius 1 is 1.35 bits per heavy atom. The minimum absolute atomic E-state index is 0.327. The van der Waals surface area contributed by atoms with Crippen LogP contribution in [0.2, 0.25) is 5.02 Å². The van der Waals surface area contributed by atoms with Crippen LogP contribution in [0, 0.1) is 0 Å². The van der Waals surface area contributed by atoms with Crippen molar-refractivity contribution in [2.75, 3.05) is 13.2 Å². The quantitative estimate of drug-likeness (QED) is 0.572. The van der Waals surface area contributed by atoms with Gasteiger partial charge < -0.3 is 15.4 Å². The lowest BCUT2D eigenvalue weighted by Gasteiger charge is -2.16. The topological polar surface area (TPSA) is 105 Å². The summed E-state index contributed by atoms with van der Waals surface area (Å²) in [5.41, 5.74) is -0.264. The van der Waals surface area contributed by atoms with Crippen molar-refractivity contribution in [3.8, 4) is 0 Å². The van der Waals surface area contributed by atoms with Gasteiger partial charge in [-0.1, -0.05) is 23.7 Å². The Labute approximate surface area is 155 Å². The largest absolute Gasteiger partial charge is 0.454 e. The summed E-state index contributed by atoms with van der Waals surface area (Å²) in [6.45, 7) is 3.76. The molecule has 0 bridgehead atoms. The van der Waals surface area contributed by atoms with Crippen LogP contribution in [0.1, 0.15) is 32.4 Å². The summed E-state index contributed by atoms with van der Waals surface area (Å²) in [6, 6.07) is 6.01. The highest BCUT2D eigenvalue weighted by molar-refractivity contribution is 6.30. The number of esters is 1. The molecule has 1 fully saturated rings. The van der Waals surface area contributed by atoms with Gasteiger partial charge in [0.05, 0.1) is 6.04 Å². The van der Waals surface area contributed by atoms with Crippen molar-refractivity contribution in [1.29, 1.82) is 0 Å². The molecule has 0 saturated carbocycles. The van der Waals surface area contributed by atoms with Crippen molar-refractivity contribution in [1.82, 2.24) is 15.5 Å². The number of nitrogens with one attached hydrogen (secondary N) is 2. The molecule has 1 aliphatic heterocycles. The maximum Gasteiger partial charge on any atom is 0.326 e. The molecule has 9 heteroatoms. The number of nitrogens with zero attached hydrogens (tertiary/aromatic N) is 1. The van der Waals surface area contributed by atoms with Gasteiger partial charge in [-0.3, -0.25) is 19.3 Å². The number of urea groups is 1. The Kier molecular flexibility index (Phi) is 5.86. The second-order valence-electron chi connectivity index (χ2n) is 6.45. The SMILES string of the molecule is C[C@H](NC(=O)COC(=O)CN1C(=O)NC(C)(C)C1=O)c1cccc(Cl)c1. The molecule has 0 aliphatic carbocycles. The zero-order valence-electron chi connectivity index (χ0n) is 14.7. The summed E-state index contributed by atoms with van der Waals surface area (Å²) in [5, 5.41) is 5.67. The summed E-state index contributed by atoms with van der Waals surface area (Å²) < 4.78 is 4.84. The molecule has 1 atom stereocenters. The second-order valence-corrected chi connectivity index (χ2v) is 6.89. The Morgan fingerprint density at radius 3 is 2.62 bits per heavy atom. The van der Waals surface area contributed by atoms with E-state index in [1.807, 2.05) is 6.07 Å². The Hall–Kier alpha value is -2.61. The highest BCUT2D eigenvalue weighted by Crippen LogP contribution is 2.17. The molecular weight excluding hydrogens is 362 g/mol. The van der Waals surface area contributed by atoms with Gasteiger partial charge in [-0.15, -0.1) is 0 Å². The van der Waals surface area contributed by atoms with Gasteiger partial charge in [-0.2, -0.15) is 0 Å². The lowest BCUT2D eigenvalue weighted by molar-refractivity contribution is -0.151. The van der Waals surface area contributed by atoms with Crippen LogP contribution in [0.4, 0.5) is 4.79 Å². The van der Waals surface area contributed by atoms with Gasteiger partial charge in [-0.05, 0) is 38.5 Å². The zero-order chi connectivity index (χ0) is 19.5. The van der Waals surface area contributed by atoms with Gasteiger partial charge in [0.1, 0.15) is 12.1 Å². The number of hydrogen-bond acceptors (Lipinski definition) is 5. The first-order valence-electron chi connectivity index (χ1n) is 7.94. The van der Waals surface area contributed by atoms with E-state index in [1.54, 1.807) is 25.1 Å². The molecule has 140 valence electrons. The molecule has 1 aromatic carbocycles. The molecule has 8 nitrogen and oxygen atoms in total. The second kappa shape index (κ2) is 7.74. The summed E-state index contributed by atoms with van der Waals surface area (Å²) in [5.74, 6) is -1.89. The third kappa shape index (κ3) is 4.72. The first kappa shape index (κ1) is 19.7. The summed E-state index contributed by atoms with van der Waals surface area (Å²) in [7, 11) is 0. The number of ether oxygens (including phenoxy) is 1. The van der Waals surface area contributed by atoms with Crippen molar-refractivity contribution in [2.24, 2.45) is 0 Å². The van der Waals surface area contributed by atoms with Gasteiger partial charge in [0.2, 0.25) is 0 Å². The van der Waals surface area contributed by atoms with Gasteiger partial charge in [0.25, 0.3) is 11.8 Å². The Bertz CT molecular complexity index is 750. The molecule has 1 aliphatic rings. The normalized spacial score (nSPS) is 16.8. The zero-order valence-corrected chi connectivity index (χ0v) is 15.4. The van der Waals surface area contributed by atoms with Gasteiger partial charge in [0.15, 0.2) is 6.61 Å². The van der Waals surface area contributed by atoms with E-state index in [0.29, 0.717) is 5.02 Å². The molecule has 26 heavy (non-hydrogen) atoms. The number of hydrogen-bond donors (Lipinski definition) is 2. The first-order chi connectivity index (χ1) is 12.1. The van der Waals surface area contributed by atoms with Crippen LogP contribution in [0.15, 0.2) is 24.3 Å². The fourth-order valence-corrected chi connectivity index (χ4v) is 2.62. The Morgan fingerprint density at radius 2 is 2.04 bits per heavy atom. The third-order valence-electron chi connectivity index (χ3n) is 3.82. The molecule has 0 unspecified atom stereocenters. The molecule has 4 amide bonds. The molecule has 2 N–H and O–H groups in total. The van der Waals surface area contributed by atoms with Crippen molar-refractivity contribution in [3.05, 3.63) is 34.9 Å². The van der Waals surface area contributed by atoms with Gasteiger partial charge >= 0.3 is 12.0 Å². The fraction of sp³-hybridized carbons (Fsp3) is 0.412. The van der Waals surface area contributed by atoms with Crippen LogP contribution in [0.25, 0.3) is 0 Å².